The van der Waals surface area contributed by atoms with Gasteiger partial charge in [0.05, 0.1) is 6.42 Å². The van der Waals surface area contributed by atoms with Crippen LogP contribution in [0.4, 0.5) is 0 Å². The number of ether oxygens (including phenoxy) is 1. The van der Waals surface area contributed by atoms with Gasteiger partial charge in [-0.1, -0.05) is 65.8 Å². The molecule has 1 heterocycles. The van der Waals surface area contributed by atoms with Crippen LogP contribution in [0.3, 0.4) is 0 Å². The lowest BCUT2D eigenvalue weighted by Gasteiger charge is -2.14. The van der Waals surface area contributed by atoms with Crippen molar-refractivity contribution >= 4 is 11.9 Å². The molecule has 1 atom stereocenters. The van der Waals surface area contributed by atoms with Gasteiger partial charge in [-0.3, -0.25) is 9.59 Å². The molecule has 0 aliphatic heterocycles. The molecule has 0 saturated heterocycles. The van der Waals surface area contributed by atoms with E-state index in [9.17, 15) is 9.59 Å². The van der Waals surface area contributed by atoms with Crippen LogP contribution in [0.5, 0.6) is 0 Å². The number of carbonyl (C=O) groups is 2. The van der Waals surface area contributed by atoms with E-state index in [1.165, 1.54) is 0 Å². The molecule has 2 aromatic carbocycles. The first-order chi connectivity index (χ1) is 12.6. The highest BCUT2D eigenvalue weighted by atomic mass is 16.5. The molecule has 26 heavy (non-hydrogen) atoms. The number of nitrogens with zero attached hydrogens (tertiary/aromatic N) is 2. The molecule has 7 nitrogen and oxygen atoms in total. The van der Waals surface area contributed by atoms with Gasteiger partial charge >= 0.3 is 5.97 Å². The maximum atomic E-state index is 12.1. The lowest BCUT2D eigenvalue weighted by molar-refractivity contribution is -0.155. The minimum atomic E-state index is -1.12. The van der Waals surface area contributed by atoms with Gasteiger partial charge in [0.2, 0.25) is 17.8 Å². The van der Waals surface area contributed by atoms with Crippen LogP contribution in [0.2, 0.25) is 0 Å². The predicted octanol–water partition coefficient (Wildman–Crippen LogP) is 2.44. The molecule has 2 N–H and O–H groups in total. The van der Waals surface area contributed by atoms with Gasteiger partial charge in [0.25, 0.3) is 5.91 Å². The zero-order valence-corrected chi connectivity index (χ0v) is 13.9. The highest BCUT2D eigenvalue weighted by molar-refractivity contribution is 5.83. The van der Waals surface area contributed by atoms with Crippen molar-refractivity contribution in [1.82, 2.24) is 10.1 Å². The lowest BCUT2D eigenvalue weighted by atomic mass is 10.1. The van der Waals surface area contributed by atoms with E-state index >= 15 is 0 Å². The fourth-order valence-corrected chi connectivity index (χ4v) is 2.38. The number of hydrogen-bond donors (Lipinski definition) is 1. The summed E-state index contributed by atoms with van der Waals surface area (Å²) in [5.41, 5.74) is 6.68. The molecule has 0 saturated carbocycles. The molecule has 1 amide bonds. The Labute approximate surface area is 149 Å². The van der Waals surface area contributed by atoms with Gasteiger partial charge in [0.1, 0.15) is 0 Å². The molecular formula is C19H17N3O4. The minimum Gasteiger partial charge on any atom is -0.447 e. The monoisotopic (exact) mass is 351 g/mol. The van der Waals surface area contributed by atoms with Crippen LogP contribution in [0.15, 0.2) is 65.2 Å². The van der Waals surface area contributed by atoms with Gasteiger partial charge in [-0.2, -0.15) is 4.98 Å². The van der Waals surface area contributed by atoms with E-state index in [2.05, 4.69) is 10.1 Å². The van der Waals surface area contributed by atoms with Crippen molar-refractivity contribution in [3.8, 4) is 11.4 Å². The molecular weight excluding hydrogens is 334 g/mol. The molecule has 0 fully saturated rings. The molecule has 0 radical (unpaired) electrons. The van der Waals surface area contributed by atoms with Crippen molar-refractivity contribution in [2.45, 2.75) is 18.9 Å². The number of carbonyl (C=O) groups excluding carboxylic acids is 2. The smallest absolute Gasteiger partial charge is 0.307 e. The second-order valence-corrected chi connectivity index (χ2v) is 5.56. The maximum Gasteiger partial charge on any atom is 0.307 e. The number of esters is 1. The molecule has 3 aromatic rings. The average molecular weight is 351 g/mol. The summed E-state index contributed by atoms with van der Waals surface area (Å²) < 4.78 is 10.4. The number of rotatable bonds is 7. The number of aromatic nitrogens is 2. The zero-order valence-electron chi connectivity index (χ0n) is 13.9. The van der Waals surface area contributed by atoms with E-state index < -0.39 is 18.0 Å². The summed E-state index contributed by atoms with van der Waals surface area (Å²) in [4.78, 5) is 27.9. The minimum absolute atomic E-state index is 0.00691. The third-order valence-electron chi connectivity index (χ3n) is 3.65. The van der Waals surface area contributed by atoms with E-state index in [1.54, 1.807) is 30.3 Å². The van der Waals surface area contributed by atoms with Gasteiger partial charge in [-0.25, -0.2) is 0 Å². The SMILES string of the molecule is NC(=O)C(OC(=O)CCc1nc(-c2ccccc2)no1)c1ccccc1. The normalized spacial score (nSPS) is 11.7. The summed E-state index contributed by atoms with van der Waals surface area (Å²) in [6, 6.07) is 18.0. The van der Waals surface area contributed by atoms with E-state index in [0.717, 1.165) is 5.56 Å². The molecule has 1 aromatic heterocycles. The van der Waals surface area contributed by atoms with Gasteiger partial charge in [0, 0.05) is 17.5 Å². The van der Waals surface area contributed by atoms with E-state index in [4.69, 9.17) is 15.0 Å². The molecule has 1 unspecified atom stereocenters. The Morgan fingerprint density at radius 2 is 1.69 bits per heavy atom. The third kappa shape index (κ3) is 4.32. The molecule has 3 rings (SSSR count). The molecule has 0 aliphatic rings. The van der Waals surface area contributed by atoms with Crippen LogP contribution >= 0.6 is 0 Å². The second-order valence-electron chi connectivity index (χ2n) is 5.56. The number of primary amides is 1. The first kappa shape index (κ1) is 17.3. The van der Waals surface area contributed by atoms with Crippen molar-refractivity contribution in [3.05, 3.63) is 72.1 Å². The van der Waals surface area contributed by atoms with E-state index in [1.807, 2.05) is 30.3 Å². The maximum absolute atomic E-state index is 12.1. The van der Waals surface area contributed by atoms with Gasteiger partial charge in [-0.15, -0.1) is 0 Å². The van der Waals surface area contributed by atoms with Crippen LogP contribution < -0.4 is 5.73 Å². The Morgan fingerprint density at radius 3 is 2.35 bits per heavy atom. The van der Waals surface area contributed by atoms with Crippen LogP contribution in [0.1, 0.15) is 24.0 Å². The fraction of sp³-hybridized carbons (Fsp3) is 0.158. The summed E-state index contributed by atoms with van der Waals surface area (Å²) in [5.74, 6) is -0.532. The van der Waals surface area contributed by atoms with Crippen LogP contribution in [0, 0.1) is 0 Å². The van der Waals surface area contributed by atoms with Crippen molar-refractivity contribution in [2.24, 2.45) is 5.73 Å². The molecule has 132 valence electrons. The number of aryl methyl sites for hydroxylation is 1. The van der Waals surface area contributed by atoms with Crippen molar-refractivity contribution in [2.75, 3.05) is 0 Å². The largest absolute Gasteiger partial charge is 0.447 e. The Balaban J connectivity index is 1.59. The fourth-order valence-electron chi connectivity index (χ4n) is 2.38. The quantitative estimate of drug-likeness (QED) is 0.655. The summed E-state index contributed by atoms with van der Waals surface area (Å²) in [5, 5.41) is 3.89. The number of benzene rings is 2. The standard InChI is InChI=1S/C19H17N3O4/c20-18(24)17(13-7-3-1-4-8-13)25-16(23)12-11-15-21-19(22-26-15)14-9-5-2-6-10-14/h1-10,17H,11-12H2,(H2,20,24). The third-order valence-corrected chi connectivity index (χ3v) is 3.65. The first-order valence-electron chi connectivity index (χ1n) is 8.05. The van der Waals surface area contributed by atoms with Gasteiger partial charge < -0.3 is 15.0 Å². The lowest BCUT2D eigenvalue weighted by Crippen LogP contribution is -2.26. The van der Waals surface area contributed by atoms with E-state index in [0.29, 0.717) is 17.3 Å². The highest BCUT2D eigenvalue weighted by Crippen LogP contribution is 2.19. The highest BCUT2D eigenvalue weighted by Gasteiger charge is 2.22. The number of hydrogen-bond acceptors (Lipinski definition) is 6. The summed E-state index contributed by atoms with van der Waals surface area (Å²) in [6.45, 7) is 0. The molecule has 0 spiro atoms. The summed E-state index contributed by atoms with van der Waals surface area (Å²) in [7, 11) is 0. The number of amides is 1. The van der Waals surface area contributed by atoms with Crippen LogP contribution in [-0.2, 0) is 20.7 Å². The van der Waals surface area contributed by atoms with Crippen molar-refractivity contribution in [3.63, 3.8) is 0 Å². The molecule has 0 bridgehead atoms. The average Bonchev–Trinajstić information content (AvgIpc) is 3.15. The van der Waals surface area contributed by atoms with Gasteiger partial charge in [0.15, 0.2) is 0 Å². The van der Waals surface area contributed by atoms with Crippen molar-refractivity contribution in [1.29, 1.82) is 0 Å². The summed E-state index contributed by atoms with van der Waals surface area (Å²) >= 11 is 0. The Bertz CT molecular complexity index is 878. The van der Waals surface area contributed by atoms with Crippen LogP contribution in [0.25, 0.3) is 11.4 Å². The topological polar surface area (TPSA) is 108 Å². The Kier molecular flexibility index (Phi) is 5.38. The predicted molar refractivity (Wildman–Crippen MR) is 92.5 cm³/mol. The van der Waals surface area contributed by atoms with Crippen molar-refractivity contribution < 1.29 is 18.8 Å². The van der Waals surface area contributed by atoms with E-state index in [-0.39, 0.29) is 12.8 Å². The summed E-state index contributed by atoms with van der Waals surface area (Å²) in [6.07, 6.45) is -0.919. The Hall–Kier alpha value is -3.48. The van der Waals surface area contributed by atoms with Gasteiger partial charge in [-0.05, 0) is 0 Å². The molecule has 0 aliphatic carbocycles. The first-order valence-corrected chi connectivity index (χ1v) is 8.05. The van der Waals surface area contributed by atoms with Crippen LogP contribution in [-0.4, -0.2) is 22.0 Å². The Morgan fingerprint density at radius 1 is 1.04 bits per heavy atom. The molecule has 7 heteroatoms. The zero-order chi connectivity index (χ0) is 18.4. The number of nitrogens with two attached hydrogens (primary N) is 1. The second kappa shape index (κ2) is 8.06.